The number of hydrogen-bond donors (Lipinski definition) is 0. The van der Waals surface area contributed by atoms with Crippen molar-refractivity contribution in [2.75, 3.05) is 0 Å². The van der Waals surface area contributed by atoms with E-state index >= 15 is 0 Å². The molecule has 0 amide bonds. The lowest BCUT2D eigenvalue weighted by atomic mass is 9.79. The Kier molecular flexibility index (Phi) is 5.95. The van der Waals surface area contributed by atoms with Gasteiger partial charge in [-0.3, -0.25) is 4.57 Å². The van der Waals surface area contributed by atoms with E-state index in [-0.39, 0.29) is 5.41 Å². The lowest BCUT2D eigenvalue weighted by Gasteiger charge is -2.28. The van der Waals surface area contributed by atoms with Gasteiger partial charge in [0, 0.05) is 18.0 Å². The fourth-order valence-electron chi connectivity index (χ4n) is 5.79. The van der Waals surface area contributed by atoms with Gasteiger partial charge < -0.3 is 0 Å². The Morgan fingerprint density at radius 2 is 1.57 bits per heavy atom. The first-order valence-corrected chi connectivity index (χ1v) is 13.2. The number of hydrogen-bond acceptors (Lipinski definition) is 1. The van der Waals surface area contributed by atoms with Crippen molar-refractivity contribution in [3.63, 3.8) is 0 Å². The lowest BCUT2D eigenvalue weighted by molar-refractivity contribution is 0.507. The molecule has 1 aliphatic carbocycles. The summed E-state index contributed by atoms with van der Waals surface area (Å²) in [6, 6.07) is 20.2. The Morgan fingerprint density at radius 1 is 0.886 bits per heavy atom. The fourth-order valence-corrected chi connectivity index (χ4v) is 5.79. The van der Waals surface area contributed by atoms with Crippen LogP contribution < -0.4 is 0 Å². The van der Waals surface area contributed by atoms with E-state index < -0.39 is 0 Å². The van der Waals surface area contributed by atoms with Crippen molar-refractivity contribution in [3.8, 4) is 28.2 Å². The molecular weight excluding hydrogens is 424 g/mol. The van der Waals surface area contributed by atoms with E-state index in [9.17, 15) is 0 Å². The second-order valence-corrected chi connectivity index (χ2v) is 11.3. The zero-order valence-corrected chi connectivity index (χ0v) is 22.3. The molecule has 180 valence electrons. The standard InChI is InChI=1S/C33H38N2/c1-8-33(6,7)29-16-12-11-15-25(29)32-34-17-18-35(32)31-26(21(2)3)20-27-24-14-10-9-13-23(24)19-28(27)30(31)22(4)5/h9-18,20-22H,8,19H2,1-7H3. The molecule has 0 saturated carbocycles. The third kappa shape index (κ3) is 3.84. The topological polar surface area (TPSA) is 17.8 Å². The Hall–Kier alpha value is -3.13. The maximum atomic E-state index is 4.97. The molecule has 0 radical (unpaired) electrons. The molecule has 3 aromatic carbocycles. The SMILES string of the molecule is CCC(C)(C)c1ccccc1-c1nccn1-c1c(C(C)C)cc2c(c1C(C)C)Cc1ccccc1-2. The predicted molar refractivity (Wildman–Crippen MR) is 149 cm³/mol. The summed E-state index contributed by atoms with van der Waals surface area (Å²) in [6.07, 6.45) is 6.23. The molecule has 1 heterocycles. The van der Waals surface area contributed by atoms with Gasteiger partial charge in [0.15, 0.2) is 0 Å². The molecule has 0 bridgehead atoms. The van der Waals surface area contributed by atoms with Crippen molar-refractivity contribution in [2.24, 2.45) is 0 Å². The van der Waals surface area contributed by atoms with E-state index in [1.807, 2.05) is 6.20 Å². The second kappa shape index (κ2) is 8.82. The van der Waals surface area contributed by atoms with Gasteiger partial charge in [-0.15, -0.1) is 0 Å². The van der Waals surface area contributed by atoms with Crippen molar-refractivity contribution in [1.82, 2.24) is 9.55 Å². The average molecular weight is 463 g/mol. The largest absolute Gasteiger partial charge is 0.299 e. The summed E-state index contributed by atoms with van der Waals surface area (Å²) in [5.41, 5.74) is 12.6. The van der Waals surface area contributed by atoms with Gasteiger partial charge in [0.25, 0.3) is 0 Å². The summed E-state index contributed by atoms with van der Waals surface area (Å²) >= 11 is 0. The van der Waals surface area contributed by atoms with Gasteiger partial charge in [-0.2, -0.15) is 0 Å². The van der Waals surface area contributed by atoms with Crippen LogP contribution in [0.3, 0.4) is 0 Å². The number of fused-ring (bicyclic) bond motifs is 3. The Labute approximate surface area is 211 Å². The van der Waals surface area contributed by atoms with Gasteiger partial charge in [0.1, 0.15) is 5.82 Å². The van der Waals surface area contributed by atoms with Gasteiger partial charge in [0.2, 0.25) is 0 Å². The minimum Gasteiger partial charge on any atom is -0.299 e. The van der Waals surface area contributed by atoms with Crippen LogP contribution in [-0.4, -0.2) is 9.55 Å². The lowest BCUT2D eigenvalue weighted by Crippen LogP contribution is -2.18. The van der Waals surface area contributed by atoms with E-state index in [2.05, 4.69) is 114 Å². The molecule has 1 aliphatic rings. The van der Waals surface area contributed by atoms with Gasteiger partial charge in [0.05, 0.1) is 5.69 Å². The van der Waals surface area contributed by atoms with Crippen molar-refractivity contribution >= 4 is 0 Å². The molecule has 0 fully saturated rings. The first kappa shape index (κ1) is 23.6. The van der Waals surface area contributed by atoms with Crippen molar-refractivity contribution in [3.05, 3.63) is 94.8 Å². The molecule has 0 unspecified atom stereocenters. The van der Waals surface area contributed by atoms with Crippen LogP contribution >= 0.6 is 0 Å². The van der Waals surface area contributed by atoms with Gasteiger partial charge in [-0.1, -0.05) is 97.0 Å². The third-order valence-electron chi connectivity index (χ3n) is 8.02. The van der Waals surface area contributed by atoms with Crippen LogP contribution in [0.2, 0.25) is 0 Å². The van der Waals surface area contributed by atoms with Gasteiger partial charge >= 0.3 is 0 Å². The molecule has 0 spiro atoms. The van der Waals surface area contributed by atoms with Crippen LogP contribution in [0.25, 0.3) is 28.2 Å². The molecular formula is C33H38N2. The monoisotopic (exact) mass is 462 g/mol. The number of rotatable bonds is 6. The molecule has 2 heteroatoms. The molecule has 0 aliphatic heterocycles. The summed E-state index contributed by atoms with van der Waals surface area (Å²) < 4.78 is 2.39. The summed E-state index contributed by atoms with van der Waals surface area (Å²) in [5.74, 6) is 1.85. The summed E-state index contributed by atoms with van der Waals surface area (Å²) in [5, 5.41) is 0. The van der Waals surface area contributed by atoms with E-state index in [0.717, 1.165) is 18.7 Å². The van der Waals surface area contributed by atoms with Gasteiger partial charge in [-0.05, 0) is 75.1 Å². The van der Waals surface area contributed by atoms with Crippen LogP contribution in [0.1, 0.15) is 94.5 Å². The van der Waals surface area contributed by atoms with Crippen LogP contribution in [-0.2, 0) is 11.8 Å². The highest BCUT2D eigenvalue weighted by Gasteiger charge is 2.30. The van der Waals surface area contributed by atoms with Gasteiger partial charge in [-0.25, -0.2) is 4.98 Å². The number of nitrogens with zero attached hydrogens (tertiary/aromatic N) is 2. The Bertz CT molecular complexity index is 1380. The number of aromatic nitrogens is 2. The first-order valence-electron chi connectivity index (χ1n) is 13.2. The molecule has 2 nitrogen and oxygen atoms in total. The van der Waals surface area contributed by atoms with Crippen LogP contribution in [0, 0.1) is 0 Å². The van der Waals surface area contributed by atoms with Crippen LogP contribution in [0.4, 0.5) is 0 Å². The molecule has 5 rings (SSSR count). The highest BCUT2D eigenvalue weighted by molar-refractivity contribution is 5.82. The smallest absolute Gasteiger partial charge is 0.144 e. The third-order valence-corrected chi connectivity index (χ3v) is 8.02. The summed E-state index contributed by atoms with van der Waals surface area (Å²) in [4.78, 5) is 4.97. The van der Waals surface area contributed by atoms with E-state index in [1.165, 1.54) is 50.2 Å². The minimum absolute atomic E-state index is 0.0781. The molecule has 0 N–H and O–H groups in total. The quantitative estimate of drug-likeness (QED) is 0.246. The summed E-state index contributed by atoms with van der Waals surface area (Å²) in [6.45, 7) is 16.3. The normalized spacial score (nSPS) is 12.9. The van der Waals surface area contributed by atoms with Crippen molar-refractivity contribution in [1.29, 1.82) is 0 Å². The first-order chi connectivity index (χ1) is 16.7. The van der Waals surface area contributed by atoms with E-state index in [1.54, 1.807) is 0 Å². The number of imidazole rings is 1. The highest BCUT2D eigenvalue weighted by Crippen LogP contribution is 2.46. The Balaban J connectivity index is 1.81. The maximum absolute atomic E-state index is 4.97. The molecule has 0 saturated heterocycles. The minimum atomic E-state index is 0.0781. The Morgan fingerprint density at radius 3 is 2.26 bits per heavy atom. The number of benzene rings is 3. The fraction of sp³-hybridized carbons (Fsp3) is 0.364. The maximum Gasteiger partial charge on any atom is 0.144 e. The van der Waals surface area contributed by atoms with Crippen LogP contribution in [0.5, 0.6) is 0 Å². The zero-order valence-electron chi connectivity index (χ0n) is 22.3. The van der Waals surface area contributed by atoms with Crippen LogP contribution in [0.15, 0.2) is 67.0 Å². The van der Waals surface area contributed by atoms with E-state index in [4.69, 9.17) is 4.98 Å². The molecule has 0 atom stereocenters. The van der Waals surface area contributed by atoms with Crippen molar-refractivity contribution in [2.45, 2.75) is 78.6 Å². The zero-order chi connectivity index (χ0) is 24.9. The summed E-state index contributed by atoms with van der Waals surface area (Å²) in [7, 11) is 0. The molecule has 35 heavy (non-hydrogen) atoms. The molecule has 4 aromatic rings. The predicted octanol–water partition coefficient (Wildman–Crippen LogP) is 9.04. The van der Waals surface area contributed by atoms with E-state index in [0.29, 0.717) is 11.8 Å². The second-order valence-electron chi connectivity index (χ2n) is 11.3. The average Bonchev–Trinajstić information content (AvgIpc) is 3.47. The van der Waals surface area contributed by atoms with Crippen molar-refractivity contribution < 1.29 is 0 Å². The highest BCUT2D eigenvalue weighted by atomic mass is 15.1. The molecule has 1 aromatic heterocycles.